The second kappa shape index (κ2) is 7.45. The van der Waals surface area contributed by atoms with E-state index in [1.165, 1.54) is 38.5 Å². The van der Waals surface area contributed by atoms with Crippen LogP contribution in [-0.2, 0) is 5.41 Å². The van der Waals surface area contributed by atoms with E-state index < -0.39 is 0 Å². The van der Waals surface area contributed by atoms with Crippen molar-refractivity contribution in [3.63, 3.8) is 0 Å². The largest absolute Gasteiger partial charge is 0.493 e. The van der Waals surface area contributed by atoms with Gasteiger partial charge in [-0.15, -0.1) is 0 Å². The first-order valence-electron chi connectivity index (χ1n) is 10.7. The van der Waals surface area contributed by atoms with E-state index in [4.69, 9.17) is 9.47 Å². The molecule has 30 heavy (non-hydrogen) atoms. The van der Waals surface area contributed by atoms with Crippen LogP contribution in [-0.4, -0.2) is 36.5 Å². The van der Waals surface area contributed by atoms with E-state index >= 15 is 0 Å². The van der Waals surface area contributed by atoms with Gasteiger partial charge in [-0.25, -0.2) is 5.43 Å². The number of nitrogens with one attached hydrogen (secondary N) is 2. The first-order valence-corrected chi connectivity index (χ1v) is 10.7. The first-order chi connectivity index (χ1) is 14.6. The Morgan fingerprint density at radius 2 is 1.77 bits per heavy atom. The van der Waals surface area contributed by atoms with Crippen molar-refractivity contribution in [3.8, 4) is 11.5 Å². The first kappa shape index (κ1) is 19.2. The molecular formula is C23H28N4O3. The second-order valence-corrected chi connectivity index (χ2v) is 9.18. The summed E-state index contributed by atoms with van der Waals surface area (Å²) in [5.74, 6) is 3.50. The lowest BCUT2D eigenvalue weighted by molar-refractivity contribution is -0.00721. The Bertz CT molecular complexity index is 945. The number of rotatable bonds is 6. The minimum absolute atomic E-state index is 0.198. The molecule has 0 aliphatic heterocycles. The lowest BCUT2D eigenvalue weighted by Crippen LogP contribution is -2.48. The smallest absolute Gasteiger partial charge is 0.291 e. The van der Waals surface area contributed by atoms with Crippen LogP contribution in [0.4, 0.5) is 0 Å². The number of carbonyl (C=O) groups is 1. The summed E-state index contributed by atoms with van der Waals surface area (Å²) in [5, 5.41) is 11.6. The molecule has 0 radical (unpaired) electrons. The molecule has 158 valence electrons. The van der Waals surface area contributed by atoms with Crippen LogP contribution in [0.3, 0.4) is 0 Å². The van der Waals surface area contributed by atoms with E-state index in [-0.39, 0.29) is 11.3 Å². The Morgan fingerprint density at radius 3 is 2.40 bits per heavy atom. The highest BCUT2D eigenvalue weighted by atomic mass is 16.5. The minimum Gasteiger partial charge on any atom is -0.493 e. The molecule has 0 saturated heterocycles. The fraction of sp³-hybridized carbons (Fsp3) is 0.522. The second-order valence-electron chi connectivity index (χ2n) is 9.18. The fourth-order valence-corrected chi connectivity index (χ4v) is 6.31. The quantitative estimate of drug-likeness (QED) is 0.564. The molecule has 1 heterocycles. The van der Waals surface area contributed by atoms with Crippen molar-refractivity contribution in [3.05, 3.63) is 41.2 Å². The molecule has 2 aromatic rings. The fourth-order valence-electron chi connectivity index (χ4n) is 6.31. The number of hydrogen-bond donors (Lipinski definition) is 2. The van der Waals surface area contributed by atoms with E-state index in [9.17, 15) is 4.79 Å². The standard InChI is InChI=1S/C23H28N4O3/c1-29-19-4-3-14(8-20(19)30-2)13-24-27-22(28)18-9-21(26-25-18)23-10-15-5-16(11-23)7-17(6-15)12-23/h3-4,8-9,13,15-17H,5-7,10-12H2,1-2H3,(H,25,26)(H,27,28). The molecule has 0 unspecified atom stereocenters. The Labute approximate surface area is 176 Å². The lowest BCUT2D eigenvalue weighted by Gasteiger charge is -2.56. The molecule has 4 aliphatic rings. The molecule has 2 N–H and O–H groups in total. The summed E-state index contributed by atoms with van der Waals surface area (Å²) in [4.78, 5) is 12.5. The third-order valence-electron chi connectivity index (χ3n) is 7.21. The molecule has 1 aromatic carbocycles. The number of hydrogen-bond acceptors (Lipinski definition) is 5. The molecular weight excluding hydrogens is 380 g/mol. The van der Waals surface area contributed by atoms with E-state index in [1.54, 1.807) is 32.6 Å². The molecule has 4 fully saturated rings. The highest BCUT2D eigenvalue weighted by Crippen LogP contribution is 2.60. The third-order valence-corrected chi connectivity index (χ3v) is 7.21. The van der Waals surface area contributed by atoms with E-state index in [2.05, 4.69) is 20.7 Å². The van der Waals surface area contributed by atoms with Gasteiger partial charge in [0.15, 0.2) is 17.2 Å². The average molecular weight is 409 g/mol. The minimum atomic E-state index is -0.307. The van der Waals surface area contributed by atoms with Crippen molar-refractivity contribution in [2.75, 3.05) is 14.2 Å². The monoisotopic (exact) mass is 408 g/mol. The van der Waals surface area contributed by atoms with Crippen LogP contribution in [0.2, 0.25) is 0 Å². The Kier molecular flexibility index (Phi) is 4.76. The normalized spacial score (nSPS) is 29.3. The van der Waals surface area contributed by atoms with Gasteiger partial charge in [0, 0.05) is 11.1 Å². The zero-order chi connectivity index (χ0) is 20.7. The summed E-state index contributed by atoms with van der Waals surface area (Å²) < 4.78 is 10.5. The van der Waals surface area contributed by atoms with Crippen LogP contribution < -0.4 is 14.9 Å². The predicted octanol–water partition coefficient (Wildman–Crippen LogP) is 3.66. The maximum absolute atomic E-state index is 12.5. The number of H-pyrrole nitrogens is 1. The summed E-state index contributed by atoms with van der Waals surface area (Å²) >= 11 is 0. The number of nitrogens with zero attached hydrogens (tertiary/aromatic N) is 2. The van der Waals surface area contributed by atoms with Gasteiger partial charge in [0.1, 0.15) is 0 Å². The number of aromatic nitrogens is 2. The molecule has 4 aliphatic carbocycles. The third kappa shape index (κ3) is 3.36. The van der Waals surface area contributed by atoms with E-state index in [1.807, 2.05) is 12.1 Å². The van der Waals surface area contributed by atoms with Gasteiger partial charge in [-0.2, -0.15) is 10.2 Å². The van der Waals surface area contributed by atoms with Crippen LogP contribution >= 0.6 is 0 Å². The van der Waals surface area contributed by atoms with Crippen molar-refractivity contribution in [1.29, 1.82) is 0 Å². The van der Waals surface area contributed by atoms with Gasteiger partial charge in [0.05, 0.1) is 20.4 Å². The molecule has 1 aromatic heterocycles. The van der Waals surface area contributed by atoms with Crippen molar-refractivity contribution in [2.24, 2.45) is 22.9 Å². The summed E-state index contributed by atoms with van der Waals surface area (Å²) in [7, 11) is 3.17. The van der Waals surface area contributed by atoms with Crippen molar-refractivity contribution in [2.45, 2.75) is 43.9 Å². The average Bonchev–Trinajstić information content (AvgIpc) is 3.24. The summed E-state index contributed by atoms with van der Waals surface area (Å²) in [6.45, 7) is 0. The van der Waals surface area contributed by atoms with Gasteiger partial charge in [-0.05, 0) is 86.1 Å². The van der Waals surface area contributed by atoms with Crippen LogP contribution in [0.15, 0.2) is 29.4 Å². The maximum Gasteiger partial charge on any atom is 0.291 e. The van der Waals surface area contributed by atoms with Crippen LogP contribution in [0, 0.1) is 17.8 Å². The van der Waals surface area contributed by atoms with Crippen molar-refractivity contribution >= 4 is 12.1 Å². The van der Waals surface area contributed by atoms with Crippen LogP contribution in [0.1, 0.15) is 60.3 Å². The zero-order valence-corrected chi connectivity index (χ0v) is 17.5. The summed E-state index contributed by atoms with van der Waals surface area (Å²) in [6, 6.07) is 7.38. The number of benzene rings is 1. The number of methoxy groups -OCH3 is 2. The molecule has 7 nitrogen and oxygen atoms in total. The van der Waals surface area contributed by atoms with Gasteiger partial charge in [0.2, 0.25) is 0 Å². The lowest BCUT2D eigenvalue weighted by atomic mass is 9.49. The van der Waals surface area contributed by atoms with Gasteiger partial charge in [0.25, 0.3) is 5.91 Å². The number of ether oxygens (including phenoxy) is 2. The molecule has 6 rings (SSSR count). The molecule has 4 bridgehead atoms. The molecule has 1 amide bonds. The van der Waals surface area contributed by atoms with Crippen molar-refractivity contribution < 1.29 is 14.3 Å². The topological polar surface area (TPSA) is 88.6 Å². The Balaban J connectivity index is 1.26. The number of carbonyl (C=O) groups excluding carboxylic acids is 1. The van der Waals surface area contributed by atoms with E-state index in [0.717, 1.165) is 29.0 Å². The van der Waals surface area contributed by atoms with Gasteiger partial charge >= 0.3 is 0 Å². The number of hydrazone groups is 1. The maximum atomic E-state index is 12.5. The summed E-state index contributed by atoms with van der Waals surface area (Å²) in [6.07, 6.45) is 9.47. The van der Waals surface area contributed by atoms with Gasteiger partial charge in [-0.1, -0.05) is 0 Å². The number of aromatic amines is 1. The van der Waals surface area contributed by atoms with Crippen LogP contribution in [0.25, 0.3) is 0 Å². The molecule has 7 heteroatoms. The molecule has 4 saturated carbocycles. The highest BCUT2D eigenvalue weighted by molar-refractivity contribution is 5.93. The zero-order valence-electron chi connectivity index (χ0n) is 17.5. The molecule has 0 spiro atoms. The predicted molar refractivity (Wildman–Crippen MR) is 113 cm³/mol. The van der Waals surface area contributed by atoms with Crippen LogP contribution in [0.5, 0.6) is 11.5 Å². The van der Waals surface area contributed by atoms with Crippen molar-refractivity contribution in [1.82, 2.24) is 15.6 Å². The van der Waals surface area contributed by atoms with Gasteiger partial charge in [-0.3, -0.25) is 9.89 Å². The Hall–Kier alpha value is -2.83. The number of amides is 1. The summed E-state index contributed by atoms with van der Waals surface area (Å²) in [5.41, 5.74) is 5.10. The van der Waals surface area contributed by atoms with Gasteiger partial charge < -0.3 is 9.47 Å². The van der Waals surface area contributed by atoms with E-state index in [0.29, 0.717) is 17.2 Å². The SMILES string of the molecule is COc1ccc(C=NNC(=O)c2cc(C34CC5CC(CC(C5)C3)C4)[nH]n2)cc1OC. The Morgan fingerprint density at radius 1 is 1.10 bits per heavy atom. The molecule has 0 atom stereocenters. The highest BCUT2D eigenvalue weighted by Gasteiger charge is 2.52.